The average molecular weight is 267 g/mol. The number of carbonyl (C=O) groups is 1. The molecule has 2 aromatic heterocycles. The highest BCUT2D eigenvalue weighted by atomic mass is 16.3. The van der Waals surface area contributed by atoms with Gasteiger partial charge in [0.05, 0.1) is 18.4 Å². The average Bonchev–Trinajstić information content (AvgIpc) is 3.17. The number of hydrogen-bond donors (Lipinski definition) is 1. The maximum Gasteiger partial charge on any atom is 0.254 e. The number of furan rings is 2. The van der Waals surface area contributed by atoms with Crippen molar-refractivity contribution in [1.29, 1.82) is 0 Å². The van der Waals surface area contributed by atoms with Crippen LogP contribution in [0.3, 0.4) is 0 Å². The van der Waals surface area contributed by atoms with Gasteiger partial charge in [-0.3, -0.25) is 4.79 Å². The molecule has 3 aromatic rings. The fourth-order valence-electron chi connectivity index (χ4n) is 1.89. The van der Waals surface area contributed by atoms with Crippen LogP contribution in [0.2, 0.25) is 0 Å². The van der Waals surface area contributed by atoms with Gasteiger partial charge in [0.2, 0.25) is 0 Å². The van der Waals surface area contributed by atoms with Crippen LogP contribution in [0.4, 0.5) is 0 Å². The van der Waals surface area contributed by atoms with Crippen molar-refractivity contribution in [2.45, 2.75) is 6.54 Å². The predicted octanol–water partition coefficient (Wildman–Crippen LogP) is 3.47. The van der Waals surface area contributed by atoms with Gasteiger partial charge < -0.3 is 14.2 Å². The van der Waals surface area contributed by atoms with E-state index in [0.29, 0.717) is 17.9 Å². The van der Waals surface area contributed by atoms with Crippen molar-refractivity contribution in [3.05, 3.63) is 72.4 Å². The van der Waals surface area contributed by atoms with E-state index in [1.54, 1.807) is 6.07 Å². The lowest BCUT2D eigenvalue weighted by Gasteiger charge is -2.00. The Balaban J connectivity index is 1.65. The molecule has 2 heterocycles. The van der Waals surface area contributed by atoms with Crippen molar-refractivity contribution in [1.82, 2.24) is 5.32 Å². The van der Waals surface area contributed by atoms with Crippen LogP contribution in [0.5, 0.6) is 0 Å². The lowest BCUT2D eigenvalue weighted by molar-refractivity contribution is 0.0947. The monoisotopic (exact) mass is 267 g/mol. The first kappa shape index (κ1) is 12.3. The van der Waals surface area contributed by atoms with Crippen molar-refractivity contribution in [2.75, 3.05) is 0 Å². The minimum atomic E-state index is -0.184. The van der Waals surface area contributed by atoms with E-state index in [1.165, 1.54) is 12.5 Å². The van der Waals surface area contributed by atoms with Crippen LogP contribution in [0.1, 0.15) is 16.1 Å². The Bertz CT molecular complexity index is 684. The Hall–Kier alpha value is -2.75. The van der Waals surface area contributed by atoms with Crippen LogP contribution >= 0.6 is 0 Å². The summed E-state index contributed by atoms with van der Waals surface area (Å²) in [7, 11) is 0. The molecule has 0 atom stereocenters. The van der Waals surface area contributed by atoms with E-state index in [-0.39, 0.29) is 5.91 Å². The molecule has 0 saturated heterocycles. The largest absolute Gasteiger partial charge is 0.472 e. The Labute approximate surface area is 116 Å². The second kappa shape index (κ2) is 5.48. The molecule has 0 bridgehead atoms. The summed E-state index contributed by atoms with van der Waals surface area (Å²) in [6, 6.07) is 15.2. The molecule has 0 aliphatic heterocycles. The van der Waals surface area contributed by atoms with Gasteiger partial charge in [0.15, 0.2) is 0 Å². The van der Waals surface area contributed by atoms with Gasteiger partial charge in [0.25, 0.3) is 5.91 Å². The molecule has 0 unspecified atom stereocenters. The molecule has 0 aliphatic carbocycles. The van der Waals surface area contributed by atoms with Crippen LogP contribution in [-0.4, -0.2) is 5.91 Å². The van der Waals surface area contributed by atoms with Crippen LogP contribution in [0.15, 0.2) is 69.9 Å². The van der Waals surface area contributed by atoms with Crippen LogP contribution in [-0.2, 0) is 6.54 Å². The maximum atomic E-state index is 11.7. The third kappa shape index (κ3) is 2.64. The maximum absolute atomic E-state index is 11.7. The van der Waals surface area contributed by atoms with Crippen LogP contribution < -0.4 is 5.32 Å². The van der Waals surface area contributed by atoms with Crippen molar-refractivity contribution in [3.8, 4) is 11.3 Å². The molecule has 20 heavy (non-hydrogen) atoms. The molecule has 1 amide bonds. The molecule has 3 rings (SSSR count). The summed E-state index contributed by atoms with van der Waals surface area (Å²) >= 11 is 0. The zero-order valence-corrected chi connectivity index (χ0v) is 10.7. The molecule has 0 aliphatic rings. The number of amides is 1. The fraction of sp³-hybridized carbons (Fsp3) is 0.0625. The first-order chi connectivity index (χ1) is 9.83. The van der Waals surface area contributed by atoms with Gasteiger partial charge in [-0.25, -0.2) is 0 Å². The molecule has 1 aromatic carbocycles. The summed E-state index contributed by atoms with van der Waals surface area (Å²) in [4.78, 5) is 11.7. The van der Waals surface area contributed by atoms with Crippen molar-refractivity contribution >= 4 is 5.91 Å². The number of hydrogen-bond acceptors (Lipinski definition) is 3. The molecular weight excluding hydrogens is 254 g/mol. The Morgan fingerprint density at radius 1 is 1.05 bits per heavy atom. The zero-order chi connectivity index (χ0) is 13.8. The van der Waals surface area contributed by atoms with E-state index in [9.17, 15) is 4.79 Å². The number of rotatable bonds is 4. The van der Waals surface area contributed by atoms with E-state index in [2.05, 4.69) is 5.32 Å². The highest BCUT2D eigenvalue weighted by molar-refractivity contribution is 5.93. The zero-order valence-electron chi connectivity index (χ0n) is 10.7. The second-order valence-corrected chi connectivity index (χ2v) is 4.33. The summed E-state index contributed by atoms with van der Waals surface area (Å²) in [5.74, 6) is 1.32. The minimum Gasteiger partial charge on any atom is -0.472 e. The molecule has 4 nitrogen and oxygen atoms in total. The van der Waals surface area contributed by atoms with E-state index < -0.39 is 0 Å². The van der Waals surface area contributed by atoms with Gasteiger partial charge in [0, 0.05) is 5.56 Å². The molecular formula is C16H13NO3. The van der Waals surface area contributed by atoms with Crippen LogP contribution in [0.25, 0.3) is 11.3 Å². The van der Waals surface area contributed by atoms with E-state index in [1.807, 2.05) is 42.5 Å². The molecule has 4 heteroatoms. The number of nitrogens with one attached hydrogen (secondary N) is 1. The highest BCUT2D eigenvalue weighted by Crippen LogP contribution is 2.21. The molecule has 100 valence electrons. The van der Waals surface area contributed by atoms with Gasteiger partial charge in [-0.05, 0) is 18.2 Å². The molecule has 0 fully saturated rings. The first-order valence-electron chi connectivity index (χ1n) is 6.27. The van der Waals surface area contributed by atoms with Gasteiger partial charge in [0.1, 0.15) is 17.8 Å². The summed E-state index contributed by atoms with van der Waals surface area (Å²) in [6.45, 7) is 0.344. The van der Waals surface area contributed by atoms with Crippen molar-refractivity contribution in [2.24, 2.45) is 0 Å². The van der Waals surface area contributed by atoms with Crippen molar-refractivity contribution < 1.29 is 13.6 Å². The SMILES string of the molecule is O=C(NCc1ccc(-c2ccccc2)o1)c1ccoc1. The van der Waals surface area contributed by atoms with Gasteiger partial charge in [-0.1, -0.05) is 30.3 Å². The van der Waals surface area contributed by atoms with E-state index in [0.717, 1.165) is 11.3 Å². The molecule has 0 radical (unpaired) electrons. The third-order valence-corrected chi connectivity index (χ3v) is 2.93. The Morgan fingerprint density at radius 2 is 1.90 bits per heavy atom. The lowest BCUT2D eigenvalue weighted by Crippen LogP contribution is -2.21. The smallest absolute Gasteiger partial charge is 0.254 e. The normalized spacial score (nSPS) is 10.4. The number of carbonyl (C=O) groups excluding carboxylic acids is 1. The first-order valence-corrected chi connectivity index (χ1v) is 6.27. The molecule has 1 N–H and O–H groups in total. The van der Waals surface area contributed by atoms with Gasteiger partial charge in [-0.15, -0.1) is 0 Å². The topological polar surface area (TPSA) is 55.4 Å². The van der Waals surface area contributed by atoms with E-state index in [4.69, 9.17) is 8.83 Å². The van der Waals surface area contributed by atoms with Crippen LogP contribution in [0, 0.1) is 0 Å². The quantitative estimate of drug-likeness (QED) is 0.787. The molecule has 0 spiro atoms. The highest BCUT2D eigenvalue weighted by Gasteiger charge is 2.08. The van der Waals surface area contributed by atoms with E-state index >= 15 is 0 Å². The summed E-state index contributed by atoms with van der Waals surface area (Å²) in [6.07, 6.45) is 2.88. The standard InChI is InChI=1S/C16H13NO3/c18-16(13-8-9-19-11-13)17-10-14-6-7-15(20-14)12-4-2-1-3-5-12/h1-9,11H,10H2,(H,17,18). The summed E-state index contributed by atoms with van der Waals surface area (Å²) in [5.41, 5.74) is 1.51. The minimum absolute atomic E-state index is 0.184. The number of benzene rings is 1. The third-order valence-electron chi connectivity index (χ3n) is 2.93. The summed E-state index contributed by atoms with van der Waals surface area (Å²) < 4.78 is 10.6. The summed E-state index contributed by atoms with van der Waals surface area (Å²) in [5, 5.41) is 2.77. The fourth-order valence-corrected chi connectivity index (χ4v) is 1.89. The molecule has 0 saturated carbocycles. The Kier molecular flexibility index (Phi) is 3.37. The second-order valence-electron chi connectivity index (χ2n) is 4.33. The van der Waals surface area contributed by atoms with Crippen molar-refractivity contribution in [3.63, 3.8) is 0 Å². The van der Waals surface area contributed by atoms with Gasteiger partial charge >= 0.3 is 0 Å². The lowest BCUT2D eigenvalue weighted by atomic mass is 10.2. The predicted molar refractivity (Wildman–Crippen MR) is 74.0 cm³/mol. The Morgan fingerprint density at radius 3 is 2.65 bits per heavy atom. The van der Waals surface area contributed by atoms with Gasteiger partial charge in [-0.2, -0.15) is 0 Å².